The van der Waals surface area contributed by atoms with Gasteiger partial charge in [0.15, 0.2) is 0 Å². The Bertz CT molecular complexity index is 406. The summed E-state index contributed by atoms with van der Waals surface area (Å²) in [5, 5.41) is 0. The molecule has 0 bridgehead atoms. The van der Waals surface area contributed by atoms with Crippen molar-refractivity contribution < 1.29 is 4.74 Å². The van der Waals surface area contributed by atoms with Gasteiger partial charge in [-0.1, -0.05) is 49.0 Å². The number of methoxy groups -OCH3 is 1. The molecule has 2 unspecified atom stereocenters. The second-order valence-electron chi connectivity index (χ2n) is 5.18. The van der Waals surface area contributed by atoms with Crippen molar-refractivity contribution in [1.82, 2.24) is 0 Å². The van der Waals surface area contributed by atoms with Crippen molar-refractivity contribution in [2.75, 3.05) is 7.11 Å². The lowest BCUT2D eigenvalue weighted by Gasteiger charge is -2.25. The molecule has 0 saturated heterocycles. The molecule has 19 heavy (non-hydrogen) atoms. The van der Waals surface area contributed by atoms with E-state index in [0.717, 1.165) is 22.2 Å². The molecule has 2 N–H and O–H groups in total. The first-order valence-corrected chi connectivity index (χ1v) is 7.94. The fraction of sp³-hybridized carbons (Fsp3) is 0.625. The highest BCUT2D eigenvalue weighted by Gasteiger charge is 2.21. The quantitative estimate of drug-likeness (QED) is 0.766. The van der Waals surface area contributed by atoms with Crippen molar-refractivity contribution in [3.8, 4) is 5.75 Å². The summed E-state index contributed by atoms with van der Waals surface area (Å²) in [7, 11) is 1.71. The van der Waals surface area contributed by atoms with Gasteiger partial charge in [0.05, 0.1) is 7.11 Å². The summed E-state index contributed by atoms with van der Waals surface area (Å²) >= 11 is 3.59. The van der Waals surface area contributed by atoms with Crippen LogP contribution < -0.4 is 10.5 Å². The number of rotatable bonds is 7. The summed E-state index contributed by atoms with van der Waals surface area (Å²) < 4.78 is 6.60. The Labute approximate surface area is 125 Å². The minimum Gasteiger partial charge on any atom is -0.496 e. The molecule has 0 aromatic heterocycles. The fourth-order valence-electron chi connectivity index (χ4n) is 2.47. The smallest absolute Gasteiger partial charge is 0.123 e. The Kier molecular flexibility index (Phi) is 6.87. The van der Waals surface area contributed by atoms with Gasteiger partial charge in [0, 0.05) is 16.1 Å². The van der Waals surface area contributed by atoms with Crippen LogP contribution in [0, 0.1) is 12.8 Å². The van der Waals surface area contributed by atoms with Crippen LogP contribution in [0.5, 0.6) is 5.75 Å². The zero-order chi connectivity index (χ0) is 14.4. The molecule has 0 amide bonds. The Morgan fingerprint density at radius 1 is 1.32 bits per heavy atom. The summed E-state index contributed by atoms with van der Waals surface area (Å²) in [4.78, 5) is 0. The average Bonchev–Trinajstić information content (AvgIpc) is 2.41. The van der Waals surface area contributed by atoms with Gasteiger partial charge < -0.3 is 10.5 Å². The van der Waals surface area contributed by atoms with Gasteiger partial charge in [-0.3, -0.25) is 0 Å². The topological polar surface area (TPSA) is 35.2 Å². The van der Waals surface area contributed by atoms with Crippen LogP contribution in [0.1, 0.15) is 56.7 Å². The van der Waals surface area contributed by atoms with Crippen molar-refractivity contribution in [2.24, 2.45) is 11.7 Å². The average molecular weight is 328 g/mol. The summed E-state index contributed by atoms with van der Waals surface area (Å²) in [5.41, 5.74) is 8.77. The third kappa shape index (κ3) is 4.22. The molecule has 108 valence electrons. The van der Waals surface area contributed by atoms with Crippen LogP contribution in [0.25, 0.3) is 0 Å². The molecule has 1 aromatic carbocycles. The molecule has 0 fully saturated rings. The van der Waals surface area contributed by atoms with E-state index in [1.165, 1.54) is 24.8 Å². The first-order valence-electron chi connectivity index (χ1n) is 7.14. The van der Waals surface area contributed by atoms with Crippen LogP contribution in [-0.2, 0) is 0 Å². The Balaban J connectivity index is 3.02. The molecule has 1 rings (SSSR count). The van der Waals surface area contributed by atoms with Crippen LogP contribution in [0.3, 0.4) is 0 Å². The molecular formula is C16H26BrNO. The van der Waals surface area contributed by atoms with E-state index in [0.29, 0.717) is 5.92 Å². The third-order valence-electron chi connectivity index (χ3n) is 3.83. The minimum absolute atomic E-state index is 0.0448. The van der Waals surface area contributed by atoms with Gasteiger partial charge in [-0.05, 0) is 37.0 Å². The van der Waals surface area contributed by atoms with Crippen LogP contribution in [0.2, 0.25) is 0 Å². The van der Waals surface area contributed by atoms with Crippen molar-refractivity contribution >= 4 is 15.9 Å². The van der Waals surface area contributed by atoms with Crippen LogP contribution in [-0.4, -0.2) is 7.11 Å². The Hall–Kier alpha value is -0.540. The predicted molar refractivity (Wildman–Crippen MR) is 85.7 cm³/mol. The molecule has 0 saturated carbocycles. The number of unbranched alkanes of at least 4 members (excludes halogenated alkanes) is 1. The molecule has 0 heterocycles. The monoisotopic (exact) mass is 327 g/mol. The van der Waals surface area contributed by atoms with E-state index in [9.17, 15) is 0 Å². The maximum absolute atomic E-state index is 6.49. The highest BCUT2D eigenvalue weighted by Crippen LogP contribution is 2.35. The highest BCUT2D eigenvalue weighted by molar-refractivity contribution is 9.10. The van der Waals surface area contributed by atoms with Crippen molar-refractivity contribution in [1.29, 1.82) is 0 Å². The number of benzene rings is 1. The van der Waals surface area contributed by atoms with Gasteiger partial charge in [-0.25, -0.2) is 0 Å². The maximum Gasteiger partial charge on any atom is 0.123 e. The SMILES string of the molecule is CCCCC(CC)C(N)c1cc(Br)c(C)cc1OC. The van der Waals surface area contributed by atoms with Crippen LogP contribution in [0.15, 0.2) is 16.6 Å². The molecule has 2 atom stereocenters. The largest absolute Gasteiger partial charge is 0.496 e. The van der Waals surface area contributed by atoms with Gasteiger partial charge in [0.2, 0.25) is 0 Å². The van der Waals surface area contributed by atoms with Crippen LogP contribution in [0.4, 0.5) is 0 Å². The number of nitrogens with two attached hydrogens (primary N) is 1. The zero-order valence-electron chi connectivity index (χ0n) is 12.5. The van der Waals surface area contributed by atoms with Crippen molar-refractivity contribution in [3.05, 3.63) is 27.7 Å². The zero-order valence-corrected chi connectivity index (χ0v) is 14.1. The third-order valence-corrected chi connectivity index (χ3v) is 4.69. The summed E-state index contributed by atoms with van der Waals surface area (Å²) in [6.45, 7) is 6.51. The van der Waals surface area contributed by atoms with Gasteiger partial charge in [0.1, 0.15) is 5.75 Å². The lowest BCUT2D eigenvalue weighted by Crippen LogP contribution is -2.22. The fourth-order valence-corrected chi connectivity index (χ4v) is 2.83. The van der Waals surface area contributed by atoms with E-state index in [4.69, 9.17) is 10.5 Å². The van der Waals surface area contributed by atoms with Crippen molar-refractivity contribution in [2.45, 2.75) is 52.5 Å². The van der Waals surface area contributed by atoms with Gasteiger partial charge >= 0.3 is 0 Å². The number of ether oxygens (including phenoxy) is 1. The molecule has 0 aliphatic rings. The lowest BCUT2D eigenvalue weighted by atomic mass is 9.87. The van der Waals surface area contributed by atoms with E-state index in [1.807, 2.05) is 0 Å². The number of halogens is 1. The molecule has 0 aliphatic carbocycles. The Morgan fingerprint density at radius 3 is 2.53 bits per heavy atom. The molecular weight excluding hydrogens is 302 g/mol. The van der Waals surface area contributed by atoms with Gasteiger partial charge in [-0.2, -0.15) is 0 Å². The number of hydrogen-bond acceptors (Lipinski definition) is 2. The van der Waals surface area contributed by atoms with E-state index in [-0.39, 0.29) is 6.04 Å². The maximum atomic E-state index is 6.49. The van der Waals surface area contributed by atoms with E-state index in [1.54, 1.807) is 7.11 Å². The summed E-state index contributed by atoms with van der Waals surface area (Å²) in [6, 6.07) is 4.22. The van der Waals surface area contributed by atoms with E-state index >= 15 is 0 Å². The highest BCUT2D eigenvalue weighted by atomic mass is 79.9. The number of aryl methyl sites for hydroxylation is 1. The molecule has 0 radical (unpaired) electrons. The predicted octanol–water partition coefficient (Wildman–Crippen LogP) is 4.98. The van der Waals surface area contributed by atoms with Crippen molar-refractivity contribution in [3.63, 3.8) is 0 Å². The van der Waals surface area contributed by atoms with Gasteiger partial charge in [-0.15, -0.1) is 0 Å². The van der Waals surface area contributed by atoms with Crippen LogP contribution >= 0.6 is 15.9 Å². The second kappa shape index (κ2) is 7.91. The number of hydrogen-bond donors (Lipinski definition) is 1. The molecule has 1 aromatic rings. The molecule has 2 nitrogen and oxygen atoms in total. The van der Waals surface area contributed by atoms with E-state index < -0.39 is 0 Å². The summed E-state index contributed by atoms with van der Waals surface area (Å²) in [6.07, 6.45) is 4.75. The Morgan fingerprint density at radius 2 is 2.00 bits per heavy atom. The molecule has 0 spiro atoms. The first-order chi connectivity index (χ1) is 9.04. The lowest BCUT2D eigenvalue weighted by molar-refractivity contribution is 0.356. The normalized spacial score (nSPS) is 14.2. The van der Waals surface area contributed by atoms with E-state index in [2.05, 4.69) is 48.8 Å². The molecule has 3 heteroatoms. The standard InChI is InChI=1S/C16H26BrNO/c1-5-7-8-12(6-2)16(18)13-10-14(17)11(3)9-15(13)19-4/h9-10,12,16H,5-8,18H2,1-4H3. The first kappa shape index (κ1) is 16.5. The summed E-state index contributed by atoms with van der Waals surface area (Å²) in [5.74, 6) is 1.42. The second-order valence-corrected chi connectivity index (χ2v) is 6.03. The molecule has 0 aliphatic heterocycles. The minimum atomic E-state index is 0.0448. The van der Waals surface area contributed by atoms with Gasteiger partial charge in [0.25, 0.3) is 0 Å².